The van der Waals surface area contributed by atoms with Crippen LogP contribution in [0, 0.1) is 5.82 Å². The molecular formula is C14H17F4N3O3. The Labute approximate surface area is 135 Å². The maximum absolute atomic E-state index is 13.2. The van der Waals surface area contributed by atoms with Crippen LogP contribution >= 0.6 is 0 Å². The van der Waals surface area contributed by atoms with Crippen molar-refractivity contribution in [2.45, 2.75) is 19.5 Å². The Balaban J connectivity index is 2.61. The maximum atomic E-state index is 13.2. The third-order valence-electron chi connectivity index (χ3n) is 2.56. The molecule has 0 bridgehead atoms. The van der Waals surface area contributed by atoms with Crippen LogP contribution in [0.4, 0.5) is 28.0 Å². The third-order valence-corrected chi connectivity index (χ3v) is 2.56. The van der Waals surface area contributed by atoms with Gasteiger partial charge in [0.15, 0.2) is 6.61 Å². The van der Waals surface area contributed by atoms with Gasteiger partial charge < -0.3 is 15.4 Å². The number of carbonyl (C=O) groups is 2. The van der Waals surface area contributed by atoms with E-state index in [1.165, 1.54) is 0 Å². The average molecular weight is 351 g/mol. The van der Waals surface area contributed by atoms with Crippen LogP contribution < -0.4 is 20.7 Å². The number of rotatable bonds is 7. The molecule has 0 fully saturated rings. The molecule has 6 nitrogen and oxygen atoms in total. The van der Waals surface area contributed by atoms with E-state index in [-0.39, 0.29) is 11.4 Å². The van der Waals surface area contributed by atoms with Gasteiger partial charge in [-0.05, 0) is 18.6 Å². The second-order valence-electron chi connectivity index (χ2n) is 4.70. The van der Waals surface area contributed by atoms with Crippen molar-refractivity contribution in [2.24, 2.45) is 0 Å². The van der Waals surface area contributed by atoms with E-state index < -0.39 is 37.1 Å². The molecule has 0 aliphatic carbocycles. The Kier molecular flexibility index (Phi) is 7.28. The number of benzene rings is 1. The number of alkyl halides is 3. The Morgan fingerprint density at radius 1 is 1.25 bits per heavy atom. The summed E-state index contributed by atoms with van der Waals surface area (Å²) in [5.74, 6) is -1.73. The van der Waals surface area contributed by atoms with Crippen molar-refractivity contribution in [3.05, 3.63) is 24.0 Å². The number of hydrogen-bond donors (Lipinski definition) is 3. The minimum Gasteiger partial charge on any atom is -0.482 e. The van der Waals surface area contributed by atoms with E-state index in [4.69, 9.17) is 0 Å². The number of hydrogen-bond acceptors (Lipinski definition) is 4. The Bertz CT molecular complexity index is 579. The van der Waals surface area contributed by atoms with Crippen LogP contribution in [-0.2, 0) is 4.79 Å². The quantitative estimate of drug-likeness (QED) is 0.659. The first-order valence-corrected chi connectivity index (χ1v) is 7.02. The number of halogens is 4. The van der Waals surface area contributed by atoms with Gasteiger partial charge >= 0.3 is 12.2 Å². The van der Waals surface area contributed by atoms with Crippen LogP contribution in [0.5, 0.6) is 5.75 Å². The molecule has 0 aromatic heterocycles. The summed E-state index contributed by atoms with van der Waals surface area (Å²) in [7, 11) is 0. The highest BCUT2D eigenvalue weighted by Crippen LogP contribution is 2.27. The molecule has 134 valence electrons. The highest BCUT2D eigenvalue weighted by atomic mass is 19.4. The first-order chi connectivity index (χ1) is 11.2. The molecule has 0 aliphatic heterocycles. The molecule has 0 unspecified atom stereocenters. The van der Waals surface area contributed by atoms with Gasteiger partial charge in [-0.2, -0.15) is 13.2 Å². The molecule has 0 heterocycles. The molecule has 3 N–H and O–H groups in total. The van der Waals surface area contributed by atoms with Crippen molar-refractivity contribution in [3.8, 4) is 5.75 Å². The SMILES string of the molecule is CCCNC(=O)NC(=O)CNc1cc(F)ccc1OCC(F)(F)F. The van der Waals surface area contributed by atoms with Gasteiger partial charge in [0.05, 0.1) is 12.2 Å². The molecule has 1 aromatic carbocycles. The number of amides is 3. The van der Waals surface area contributed by atoms with Crippen LogP contribution in [0.25, 0.3) is 0 Å². The van der Waals surface area contributed by atoms with E-state index in [2.05, 4.69) is 15.4 Å². The molecule has 0 saturated carbocycles. The molecule has 0 spiro atoms. The molecule has 1 aromatic rings. The van der Waals surface area contributed by atoms with Gasteiger partial charge in [-0.3, -0.25) is 10.1 Å². The Morgan fingerprint density at radius 2 is 1.96 bits per heavy atom. The molecule has 24 heavy (non-hydrogen) atoms. The zero-order valence-electron chi connectivity index (χ0n) is 12.8. The van der Waals surface area contributed by atoms with E-state index in [1.54, 1.807) is 0 Å². The summed E-state index contributed by atoms with van der Waals surface area (Å²) in [6.45, 7) is 0.201. The number of carbonyl (C=O) groups excluding carboxylic acids is 2. The topological polar surface area (TPSA) is 79.5 Å². The number of urea groups is 1. The summed E-state index contributed by atoms with van der Waals surface area (Å²) in [6, 6.07) is 2.12. The predicted octanol–water partition coefficient (Wildman–Crippen LogP) is 2.41. The fourth-order valence-electron chi connectivity index (χ4n) is 1.55. The van der Waals surface area contributed by atoms with E-state index in [0.717, 1.165) is 18.2 Å². The van der Waals surface area contributed by atoms with E-state index in [1.807, 2.05) is 12.2 Å². The first kappa shape index (κ1) is 19.5. The first-order valence-electron chi connectivity index (χ1n) is 7.02. The zero-order valence-corrected chi connectivity index (χ0v) is 12.8. The molecule has 1 rings (SSSR count). The second kappa shape index (κ2) is 8.94. The molecule has 10 heteroatoms. The minimum absolute atomic E-state index is 0.136. The van der Waals surface area contributed by atoms with Gasteiger partial charge in [0.2, 0.25) is 5.91 Å². The molecule has 0 aliphatic rings. The van der Waals surface area contributed by atoms with Crippen LogP contribution in [0.15, 0.2) is 18.2 Å². The van der Waals surface area contributed by atoms with Gasteiger partial charge in [0.25, 0.3) is 0 Å². The largest absolute Gasteiger partial charge is 0.482 e. The van der Waals surface area contributed by atoms with Crippen molar-refractivity contribution < 1.29 is 31.9 Å². The smallest absolute Gasteiger partial charge is 0.422 e. The summed E-state index contributed by atoms with van der Waals surface area (Å²) in [5, 5.41) is 6.85. The van der Waals surface area contributed by atoms with Crippen molar-refractivity contribution in [3.63, 3.8) is 0 Å². The zero-order chi connectivity index (χ0) is 18.2. The van der Waals surface area contributed by atoms with Crippen molar-refractivity contribution in [1.82, 2.24) is 10.6 Å². The Hall–Kier alpha value is -2.52. The molecule has 0 saturated heterocycles. The van der Waals surface area contributed by atoms with Gasteiger partial charge in [-0.25, -0.2) is 9.18 Å². The van der Waals surface area contributed by atoms with E-state index in [9.17, 15) is 27.2 Å². The van der Waals surface area contributed by atoms with E-state index in [0.29, 0.717) is 13.0 Å². The molecule has 0 radical (unpaired) electrons. The van der Waals surface area contributed by atoms with Crippen LogP contribution in [-0.4, -0.2) is 37.8 Å². The molecule has 0 atom stereocenters. The third kappa shape index (κ3) is 7.65. The standard InChI is InChI=1S/C14H17F4N3O3/c1-2-5-19-13(23)21-12(22)7-20-10-6-9(15)3-4-11(10)24-8-14(16,17)18/h3-4,6,20H,2,5,7-8H2,1H3,(H2,19,21,22,23). The second-order valence-corrected chi connectivity index (χ2v) is 4.70. The van der Waals surface area contributed by atoms with Crippen LogP contribution in [0.1, 0.15) is 13.3 Å². The van der Waals surface area contributed by atoms with Gasteiger partial charge in [-0.15, -0.1) is 0 Å². The van der Waals surface area contributed by atoms with Gasteiger partial charge in [0, 0.05) is 12.6 Å². The highest BCUT2D eigenvalue weighted by Gasteiger charge is 2.29. The summed E-state index contributed by atoms with van der Waals surface area (Å²) in [6.07, 6.45) is -3.87. The van der Waals surface area contributed by atoms with Gasteiger partial charge in [-0.1, -0.05) is 6.92 Å². The van der Waals surface area contributed by atoms with E-state index >= 15 is 0 Å². The average Bonchev–Trinajstić information content (AvgIpc) is 2.49. The summed E-state index contributed by atoms with van der Waals surface area (Å²) in [5.41, 5.74) is -0.136. The fraction of sp³-hybridized carbons (Fsp3) is 0.429. The van der Waals surface area contributed by atoms with Crippen molar-refractivity contribution in [1.29, 1.82) is 0 Å². The minimum atomic E-state index is -4.56. The predicted molar refractivity (Wildman–Crippen MR) is 78.3 cm³/mol. The lowest BCUT2D eigenvalue weighted by molar-refractivity contribution is -0.153. The van der Waals surface area contributed by atoms with Crippen LogP contribution in [0.3, 0.4) is 0 Å². The molecular weight excluding hydrogens is 334 g/mol. The maximum Gasteiger partial charge on any atom is 0.422 e. The fourth-order valence-corrected chi connectivity index (χ4v) is 1.55. The number of imide groups is 1. The number of ether oxygens (including phenoxy) is 1. The van der Waals surface area contributed by atoms with Crippen molar-refractivity contribution in [2.75, 3.05) is 25.0 Å². The monoisotopic (exact) mass is 351 g/mol. The lowest BCUT2D eigenvalue weighted by atomic mass is 10.2. The summed E-state index contributed by atoms with van der Waals surface area (Å²) in [4.78, 5) is 22.8. The van der Waals surface area contributed by atoms with Crippen molar-refractivity contribution >= 4 is 17.6 Å². The van der Waals surface area contributed by atoms with Crippen LogP contribution in [0.2, 0.25) is 0 Å². The van der Waals surface area contributed by atoms with Gasteiger partial charge in [0.1, 0.15) is 11.6 Å². The number of nitrogens with one attached hydrogen (secondary N) is 3. The normalized spacial score (nSPS) is 10.9. The number of anilines is 1. The summed E-state index contributed by atoms with van der Waals surface area (Å²) >= 11 is 0. The highest BCUT2D eigenvalue weighted by molar-refractivity contribution is 5.96. The molecule has 3 amide bonds. The summed E-state index contributed by atoms with van der Waals surface area (Å²) < 4.78 is 54.3. The lowest BCUT2D eigenvalue weighted by Crippen LogP contribution is -2.42. The lowest BCUT2D eigenvalue weighted by Gasteiger charge is -2.14. The Morgan fingerprint density at radius 3 is 2.58 bits per heavy atom.